The zero-order chi connectivity index (χ0) is 49.7. The van der Waals surface area contributed by atoms with E-state index < -0.39 is 0 Å². The molecule has 5 aromatic heterocycles. The molecule has 5 nitrogen and oxygen atoms in total. The van der Waals surface area contributed by atoms with Crippen LogP contribution < -0.4 is 0 Å². The topological polar surface area (TPSA) is 48.5 Å². The fourth-order valence-corrected chi connectivity index (χ4v) is 9.22. The summed E-state index contributed by atoms with van der Waals surface area (Å²) in [6.45, 7) is 15.0. The molecule has 5 heteroatoms. The van der Waals surface area contributed by atoms with Crippen LogP contribution in [0.25, 0.3) is 60.4 Å². The summed E-state index contributed by atoms with van der Waals surface area (Å²) >= 11 is 0. The van der Waals surface area contributed by atoms with Crippen molar-refractivity contribution in [3.63, 3.8) is 0 Å². The van der Waals surface area contributed by atoms with Crippen molar-refractivity contribution < 1.29 is 0 Å². The SMILES string of the molecule is Cc1ccc2c(c1)-c1ccccc1C2(C)C.Cc1ccc2c(c1)c1ccccc1n2-c1ccccc1.Cc1ccccn1.Cc1cccnc1.Cc1ccncc1.Cn1c2ccccc2c2ccccc21. The number of aromatic nitrogens is 5. The second-order valence-electron chi connectivity index (χ2n) is 18.5. The molecule has 352 valence electrons. The highest BCUT2D eigenvalue weighted by Crippen LogP contribution is 2.48. The normalized spacial score (nSPS) is 11.5. The van der Waals surface area contributed by atoms with Gasteiger partial charge in [-0.15, -0.1) is 0 Å². The molecule has 1 aliphatic carbocycles. The van der Waals surface area contributed by atoms with E-state index in [-0.39, 0.29) is 5.41 Å². The number of hydrogen-bond acceptors (Lipinski definition) is 3. The van der Waals surface area contributed by atoms with E-state index in [4.69, 9.17) is 0 Å². The Kier molecular flexibility index (Phi) is 15.7. The quantitative estimate of drug-likeness (QED) is 0.165. The van der Waals surface area contributed by atoms with Gasteiger partial charge in [0, 0.05) is 87.4 Å². The third-order valence-electron chi connectivity index (χ3n) is 12.9. The summed E-state index contributed by atoms with van der Waals surface area (Å²) < 4.78 is 4.58. The van der Waals surface area contributed by atoms with E-state index in [1.807, 2.05) is 69.4 Å². The minimum atomic E-state index is 0.152. The number of para-hydroxylation sites is 4. The monoisotopic (exact) mass is 926 g/mol. The summed E-state index contributed by atoms with van der Waals surface area (Å²) in [5.41, 5.74) is 18.4. The first-order valence-electron chi connectivity index (χ1n) is 24.3. The molecule has 0 aliphatic heterocycles. The van der Waals surface area contributed by atoms with Crippen molar-refractivity contribution in [1.82, 2.24) is 24.1 Å². The molecule has 0 saturated heterocycles. The molecule has 7 aromatic carbocycles. The Morgan fingerprint density at radius 2 is 0.915 bits per heavy atom. The molecule has 71 heavy (non-hydrogen) atoms. The first-order chi connectivity index (χ1) is 34.5. The molecule has 5 heterocycles. The molecule has 0 fully saturated rings. The average molecular weight is 926 g/mol. The van der Waals surface area contributed by atoms with Gasteiger partial charge in [-0.2, -0.15) is 0 Å². The first-order valence-corrected chi connectivity index (χ1v) is 24.3. The Balaban J connectivity index is 0.000000120. The Bertz CT molecular complexity index is 3470. The number of nitrogens with zero attached hydrogens (tertiary/aromatic N) is 5. The Morgan fingerprint density at radius 3 is 1.48 bits per heavy atom. The van der Waals surface area contributed by atoms with Crippen molar-refractivity contribution in [3.05, 3.63) is 276 Å². The summed E-state index contributed by atoms with van der Waals surface area (Å²) in [7, 11) is 2.12. The molecule has 0 radical (unpaired) electrons. The summed E-state index contributed by atoms with van der Waals surface area (Å²) in [6, 6.07) is 72.2. The lowest BCUT2D eigenvalue weighted by Crippen LogP contribution is -2.14. The van der Waals surface area contributed by atoms with Gasteiger partial charge in [-0.3, -0.25) is 15.0 Å². The fourth-order valence-electron chi connectivity index (χ4n) is 9.22. The van der Waals surface area contributed by atoms with Gasteiger partial charge in [0.05, 0.1) is 11.0 Å². The lowest BCUT2D eigenvalue weighted by Gasteiger charge is -2.21. The van der Waals surface area contributed by atoms with Crippen LogP contribution in [0.4, 0.5) is 0 Å². The van der Waals surface area contributed by atoms with Crippen LogP contribution in [0, 0.1) is 34.6 Å². The van der Waals surface area contributed by atoms with Gasteiger partial charge in [0.1, 0.15) is 0 Å². The molecule has 0 amide bonds. The summed E-state index contributed by atoms with van der Waals surface area (Å²) in [5.74, 6) is 0. The summed E-state index contributed by atoms with van der Waals surface area (Å²) in [4.78, 5) is 11.7. The maximum atomic E-state index is 3.98. The molecule has 13 rings (SSSR count). The second-order valence-corrected chi connectivity index (χ2v) is 18.5. The van der Waals surface area contributed by atoms with E-state index in [1.165, 1.54) is 93.8 Å². The lowest BCUT2D eigenvalue weighted by atomic mass is 9.82. The maximum absolute atomic E-state index is 3.98. The van der Waals surface area contributed by atoms with Crippen LogP contribution in [0.3, 0.4) is 0 Å². The van der Waals surface area contributed by atoms with Gasteiger partial charge in [0.15, 0.2) is 0 Å². The Labute approximate surface area is 419 Å². The molecular formula is C66H63N5. The van der Waals surface area contributed by atoms with Crippen LogP contribution in [0.5, 0.6) is 0 Å². The standard InChI is InChI=1S/C19H15N.C16H16.C13H11N.3C6H7N/c1-14-11-12-19-17(13-14)16-9-5-6-10-18(16)20(19)15-7-3-2-4-8-15;1-11-8-9-15-13(10-11)12-6-4-5-7-14(12)16(15,2)3;1-14-12-8-4-2-6-10(12)11-7-3-5-9-13(11)14;1-6-2-4-7-5-3-6;1-6-3-2-4-7-5-6;1-6-4-2-3-5-7-6/h2-13H,1H3;4-10H,1-3H3;2-9H,1H3;3*2-5H,1H3. The van der Waals surface area contributed by atoms with E-state index in [0.717, 1.165) is 5.69 Å². The molecule has 0 saturated carbocycles. The fraction of sp³-hybridized carbons (Fsp3) is 0.136. The molecule has 0 N–H and O–H groups in total. The number of aryl methyl sites for hydroxylation is 6. The van der Waals surface area contributed by atoms with E-state index in [9.17, 15) is 0 Å². The Morgan fingerprint density at radius 1 is 0.366 bits per heavy atom. The number of fused-ring (bicyclic) bond motifs is 9. The first kappa shape index (κ1) is 49.0. The molecular weight excluding hydrogens is 863 g/mol. The number of benzene rings is 7. The highest BCUT2D eigenvalue weighted by atomic mass is 15.0. The molecule has 1 aliphatic rings. The van der Waals surface area contributed by atoms with Crippen LogP contribution in [-0.2, 0) is 12.5 Å². The highest BCUT2D eigenvalue weighted by molar-refractivity contribution is 6.09. The summed E-state index contributed by atoms with van der Waals surface area (Å²) in [6.07, 6.45) is 8.97. The number of hydrogen-bond donors (Lipinski definition) is 0. The highest BCUT2D eigenvalue weighted by Gasteiger charge is 2.34. The van der Waals surface area contributed by atoms with E-state index >= 15 is 0 Å². The predicted molar refractivity (Wildman–Crippen MR) is 302 cm³/mol. The van der Waals surface area contributed by atoms with Crippen LogP contribution >= 0.6 is 0 Å². The molecule has 0 atom stereocenters. The predicted octanol–water partition coefficient (Wildman–Crippen LogP) is 16.9. The van der Waals surface area contributed by atoms with Crippen molar-refractivity contribution in [1.29, 1.82) is 0 Å². The largest absolute Gasteiger partial charge is 0.344 e. The van der Waals surface area contributed by atoms with Gasteiger partial charge < -0.3 is 9.13 Å². The number of rotatable bonds is 1. The van der Waals surface area contributed by atoms with Gasteiger partial charge in [0.25, 0.3) is 0 Å². The zero-order valence-electron chi connectivity index (χ0n) is 42.3. The van der Waals surface area contributed by atoms with Gasteiger partial charge in [0.2, 0.25) is 0 Å². The van der Waals surface area contributed by atoms with E-state index in [1.54, 1.807) is 24.8 Å². The van der Waals surface area contributed by atoms with Crippen molar-refractivity contribution in [3.8, 4) is 16.8 Å². The molecule has 0 bridgehead atoms. The van der Waals surface area contributed by atoms with Gasteiger partial charge in [-0.05, 0) is 141 Å². The van der Waals surface area contributed by atoms with Gasteiger partial charge >= 0.3 is 0 Å². The Hall–Kier alpha value is -8.41. The smallest absolute Gasteiger partial charge is 0.0541 e. The van der Waals surface area contributed by atoms with Gasteiger partial charge in [-0.1, -0.05) is 158 Å². The number of pyridine rings is 3. The van der Waals surface area contributed by atoms with Crippen molar-refractivity contribution >= 4 is 43.6 Å². The molecule has 12 aromatic rings. The zero-order valence-corrected chi connectivity index (χ0v) is 42.3. The minimum absolute atomic E-state index is 0.152. The van der Waals surface area contributed by atoms with Crippen molar-refractivity contribution in [2.45, 2.75) is 53.9 Å². The van der Waals surface area contributed by atoms with Crippen LogP contribution in [0.15, 0.2) is 237 Å². The third-order valence-corrected chi connectivity index (χ3v) is 12.9. The lowest BCUT2D eigenvalue weighted by molar-refractivity contribution is 0.660. The second kappa shape index (κ2) is 22.8. The van der Waals surface area contributed by atoms with Crippen molar-refractivity contribution in [2.75, 3.05) is 0 Å². The maximum Gasteiger partial charge on any atom is 0.0541 e. The van der Waals surface area contributed by atoms with E-state index in [2.05, 4.69) is 223 Å². The summed E-state index contributed by atoms with van der Waals surface area (Å²) in [5, 5.41) is 5.32. The van der Waals surface area contributed by atoms with Crippen LogP contribution in [0.1, 0.15) is 52.9 Å². The molecule has 0 unspecified atom stereocenters. The molecule has 0 spiro atoms. The third kappa shape index (κ3) is 11.6. The average Bonchev–Trinajstić information content (AvgIpc) is 3.97. The van der Waals surface area contributed by atoms with E-state index in [0.29, 0.717) is 0 Å². The van der Waals surface area contributed by atoms with Gasteiger partial charge in [-0.25, -0.2) is 0 Å². The van der Waals surface area contributed by atoms with Crippen molar-refractivity contribution in [2.24, 2.45) is 7.05 Å². The minimum Gasteiger partial charge on any atom is -0.344 e. The van der Waals surface area contributed by atoms with Crippen LogP contribution in [-0.4, -0.2) is 24.1 Å². The van der Waals surface area contributed by atoms with Crippen LogP contribution in [0.2, 0.25) is 0 Å².